The van der Waals surface area contributed by atoms with Crippen molar-refractivity contribution in [2.75, 3.05) is 7.05 Å². The molecule has 4 heteroatoms. The lowest BCUT2D eigenvalue weighted by Gasteiger charge is -2.34. The van der Waals surface area contributed by atoms with E-state index in [0.29, 0.717) is 6.42 Å². The summed E-state index contributed by atoms with van der Waals surface area (Å²) in [6.07, 6.45) is 0.621. The fourth-order valence-electron chi connectivity index (χ4n) is 1.49. The molecule has 68 valence electrons. The summed E-state index contributed by atoms with van der Waals surface area (Å²) in [5.41, 5.74) is 0. The molecule has 2 unspecified atom stereocenters. The van der Waals surface area contributed by atoms with Gasteiger partial charge in [0, 0.05) is 18.9 Å². The van der Waals surface area contributed by atoms with Gasteiger partial charge in [-0.1, -0.05) is 0 Å². The van der Waals surface area contributed by atoms with Crippen LogP contribution >= 0.6 is 0 Å². The van der Waals surface area contributed by atoms with E-state index in [4.69, 9.17) is 5.11 Å². The summed E-state index contributed by atoms with van der Waals surface area (Å²) in [6, 6.07) is -0.575. The number of aliphatic carboxylic acids is 1. The van der Waals surface area contributed by atoms with Gasteiger partial charge >= 0.3 is 5.97 Å². The minimum atomic E-state index is -0.905. The van der Waals surface area contributed by atoms with Gasteiger partial charge in [0.25, 0.3) is 0 Å². The number of hydrogen-bond donors (Lipinski definition) is 1. The average Bonchev–Trinajstić information content (AvgIpc) is 1.96. The van der Waals surface area contributed by atoms with Crippen LogP contribution in [0.2, 0.25) is 0 Å². The number of rotatable bonds is 1. The number of carbonyl (C=O) groups excluding carboxylic acids is 1. The first-order chi connectivity index (χ1) is 5.52. The highest BCUT2D eigenvalue weighted by molar-refractivity contribution is 5.87. The molecule has 0 aliphatic carbocycles. The summed E-state index contributed by atoms with van der Waals surface area (Å²) >= 11 is 0. The molecule has 0 aromatic carbocycles. The Hall–Kier alpha value is -0.900. The van der Waals surface area contributed by atoms with Crippen molar-refractivity contribution >= 4 is 11.8 Å². The first-order valence-electron chi connectivity index (χ1n) is 3.99. The van der Waals surface area contributed by atoms with Gasteiger partial charge in [-0.05, 0) is 14.0 Å². The molecule has 0 bridgehead atoms. The molecule has 1 heterocycles. The maximum Gasteiger partial charge on any atom is 0.321 e. The van der Waals surface area contributed by atoms with Crippen LogP contribution in [-0.4, -0.2) is 40.9 Å². The van der Waals surface area contributed by atoms with Crippen LogP contribution in [0.5, 0.6) is 0 Å². The second-order valence-corrected chi connectivity index (χ2v) is 3.32. The molecule has 1 saturated heterocycles. The number of likely N-dealkylation sites (N-methyl/N-ethyl adjacent to an activating group) is 1. The minimum absolute atomic E-state index is 0.0485. The molecule has 0 aromatic rings. The predicted molar refractivity (Wildman–Crippen MR) is 42.9 cm³/mol. The smallest absolute Gasteiger partial charge is 0.321 e. The van der Waals surface area contributed by atoms with E-state index in [1.165, 1.54) is 0 Å². The Balaban J connectivity index is 2.72. The van der Waals surface area contributed by atoms with Crippen molar-refractivity contribution in [3.8, 4) is 0 Å². The number of likely N-dealkylation sites (tertiary alicyclic amines) is 1. The van der Waals surface area contributed by atoms with Crippen molar-refractivity contribution in [2.24, 2.45) is 0 Å². The molecule has 1 aliphatic heterocycles. The van der Waals surface area contributed by atoms with Crippen molar-refractivity contribution in [2.45, 2.75) is 31.8 Å². The zero-order chi connectivity index (χ0) is 9.30. The molecule has 0 saturated carbocycles. The van der Waals surface area contributed by atoms with Gasteiger partial charge in [0.15, 0.2) is 0 Å². The van der Waals surface area contributed by atoms with E-state index in [0.717, 1.165) is 0 Å². The second-order valence-electron chi connectivity index (χ2n) is 3.32. The molecule has 1 rings (SSSR count). The molecule has 0 radical (unpaired) electrons. The molecule has 4 nitrogen and oxygen atoms in total. The predicted octanol–water partition coefficient (Wildman–Crippen LogP) is 0.123. The molecule has 1 N–H and O–H groups in total. The van der Waals surface area contributed by atoms with Crippen LogP contribution in [0.15, 0.2) is 0 Å². The molecular weight excluding hydrogens is 158 g/mol. The molecule has 1 aliphatic rings. The van der Waals surface area contributed by atoms with Gasteiger partial charge in [0.1, 0.15) is 11.8 Å². The highest BCUT2D eigenvalue weighted by atomic mass is 16.4. The van der Waals surface area contributed by atoms with Gasteiger partial charge < -0.3 is 5.11 Å². The number of hydrogen-bond acceptors (Lipinski definition) is 3. The first-order valence-corrected chi connectivity index (χ1v) is 3.99. The zero-order valence-corrected chi connectivity index (χ0v) is 7.28. The first kappa shape index (κ1) is 9.19. The third kappa shape index (κ3) is 1.64. The van der Waals surface area contributed by atoms with Crippen molar-refractivity contribution in [1.82, 2.24) is 4.90 Å². The molecular formula is C8H13NO3. The standard InChI is InChI=1S/C8H13NO3/c1-5-3-6(10)4-7(8(11)12)9(5)2/h5,7H,3-4H2,1-2H3,(H,11,12). The maximum atomic E-state index is 11.0. The largest absolute Gasteiger partial charge is 0.480 e. The number of nitrogens with zero attached hydrogens (tertiary/aromatic N) is 1. The van der Waals surface area contributed by atoms with Gasteiger partial charge in [-0.25, -0.2) is 0 Å². The van der Waals surface area contributed by atoms with Crippen LogP contribution in [0, 0.1) is 0 Å². The summed E-state index contributed by atoms with van der Waals surface area (Å²) in [5, 5.41) is 8.75. The monoisotopic (exact) mass is 171 g/mol. The van der Waals surface area contributed by atoms with E-state index in [2.05, 4.69) is 0 Å². The third-order valence-corrected chi connectivity index (χ3v) is 2.42. The number of carbonyl (C=O) groups is 2. The summed E-state index contributed by atoms with van der Waals surface area (Å²) < 4.78 is 0. The van der Waals surface area contributed by atoms with E-state index in [9.17, 15) is 9.59 Å². The van der Waals surface area contributed by atoms with E-state index >= 15 is 0 Å². The van der Waals surface area contributed by atoms with Crippen molar-refractivity contribution in [1.29, 1.82) is 0 Å². The molecule has 0 aromatic heterocycles. The fraction of sp³-hybridized carbons (Fsp3) is 0.750. The van der Waals surface area contributed by atoms with Crippen LogP contribution < -0.4 is 0 Å². The van der Waals surface area contributed by atoms with Crippen molar-refractivity contribution in [3.63, 3.8) is 0 Å². The highest BCUT2D eigenvalue weighted by Gasteiger charge is 2.33. The van der Waals surface area contributed by atoms with E-state index in [-0.39, 0.29) is 18.2 Å². The Bertz CT molecular complexity index is 212. The van der Waals surface area contributed by atoms with E-state index in [1.807, 2.05) is 6.92 Å². The number of carboxylic acid groups (broad SMARTS) is 1. The molecule has 0 amide bonds. The number of piperidine rings is 1. The van der Waals surface area contributed by atoms with Gasteiger partial charge in [0.05, 0.1) is 0 Å². The molecule has 12 heavy (non-hydrogen) atoms. The summed E-state index contributed by atoms with van der Waals surface area (Å²) in [5.74, 6) is -0.856. The Labute approximate surface area is 71.2 Å². The minimum Gasteiger partial charge on any atom is -0.480 e. The topological polar surface area (TPSA) is 57.6 Å². The van der Waals surface area contributed by atoms with Crippen LogP contribution in [0.1, 0.15) is 19.8 Å². The van der Waals surface area contributed by atoms with Crippen molar-refractivity contribution < 1.29 is 14.7 Å². The Morgan fingerprint density at radius 2 is 2.17 bits per heavy atom. The second kappa shape index (κ2) is 3.23. The maximum absolute atomic E-state index is 11.0. The zero-order valence-electron chi connectivity index (χ0n) is 7.28. The van der Waals surface area contributed by atoms with Gasteiger partial charge in [-0.3, -0.25) is 14.5 Å². The van der Waals surface area contributed by atoms with Gasteiger partial charge in [-0.15, -0.1) is 0 Å². The Morgan fingerprint density at radius 3 is 2.67 bits per heavy atom. The Kier molecular flexibility index (Phi) is 2.47. The van der Waals surface area contributed by atoms with Crippen molar-refractivity contribution in [3.05, 3.63) is 0 Å². The summed E-state index contributed by atoms with van der Waals surface area (Å²) in [7, 11) is 1.75. The summed E-state index contributed by atoms with van der Waals surface area (Å²) in [6.45, 7) is 1.87. The Morgan fingerprint density at radius 1 is 1.58 bits per heavy atom. The van der Waals surface area contributed by atoms with Crippen LogP contribution in [0.4, 0.5) is 0 Å². The number of Topliss-reactive ketones (excluding diaryl/α,β-unsaturated/α-hetero) is 1. The molecule has 0 spiro atoms. The quantitative estimate of drug-likeness (QED) is 0.609. The van der Waals surface area contributed by atoms with Gasteiger partial charge in [-0.2, -0.15) is 0 Å². The van der Waals surface area contributed by atoms with Crippen LogP contribution in [-0.2, 0) is 9.59 Å². The summed E-state index contributed by atoms with van der Waals surface area (Å²) in [4.78, 5) is 23.4. The van der Waals surface area contributed by atoms with Gasteiger partial charge in [0.2, 0.25) is 0 Å². The van der Waals surface area contributed by atoms with Crippen LogP contribution in [0.25, 0.3) is 0 Å². The number of ketones is 1. The molecule has 1 fully saturated rings. The lowest BCUT2D eigenvalue weighted by Crippen LogP contribution is -2.49. The number of carboxylic acids is 1. The lowest BCUT2D eigenvalue weighted by molar-refractivity contribution is -0.148. The molecule has 2 atom stereocenters. The normalized spacial score (nSPS) is 32.0. The fourth-order valence-corrected chi connectivity index (χ4v) is 1.49. The lowest BCUT2D eigenvalue weighted by atomic mass is 9.96. The van der Waals surface area contributed by atoms with Crippen LogP contribution in [0.3, 0.4) is 0 Å². The average molecular weight is 171 g/mol. The third-order valence-electron chi connectivity index (χ3n) is 2.42. The van der Waals surface area contributed by atoms with E-state index < -0.39 is 12.0 Å². The van der Waals surface area contributed by atoms with E-state index in [1.54, 1.807) is 11.9 Å². The highest BCUT2D eigenvalue weighted by Crippen LogP contribution is 2.18. The SMILES string of the molecule is CC1CC(=O)CC(C(=O)O)N1C.